The molecule has 1 aromatic heterocycles. The predicted molar refractivity (Wildman–Crippen MR) is 116 cm³/mol. The lowest BCUT2D eigenvalue weighted by molar-refractivity contribution is -0.144. The van der Waals surface area contributed by atoms with Crippen molar-refractivity contribution in [2.75, 3.05) is 7.11 Å². The third-order valence-corrected chi connectivity index (χ3v) is 5.07. The van der Waals surface area contributed by atoms with Crippen LogP contribution in [0.15, 0.2) is 40.8 Å². The molecule has 0 radical (unpaired) electrons. The van der Waals surface area contributed by atoms with Gasteiger partial charge in [-0.05, 0) is 48.2 Å². The quantitative estimate of drug-likeness (QED) is 0.593. The van der Waals surface area contributed by atoms with E-state index in [9.17, 15) is 14.9 Å². The molecule has 160 valence electrons. The molecule has 1 unspecified atom stereocenters. The maximum atomic E-state index is 12.6. The van der Waals surface area contributed by atoms with Crippen molar-refractivity contribution in [1.29, 1.82) is 5.26 Å². The number of nitrogens with zero attached hydrogens (tertiary/aromatic N) is 2. The molecule has 2 aromatic carbocycles. The van der Waals surface area contributed by atoms with Gasteiger partial charge >= 0.3 is 5.97 Å². The van der Waals surface area contributed by atoms with Crippen LogP contribution in [0, 0.1) is 17.2 Å². The third kappa shape index (κ3) is 4.58. The second kappa shape index (κ2) is 9.00. The van der Waals surface area contributed by atoms with Crippen LogP contribution in [0.1, 0.15) is 55.1 Å². The molecule has 7 nitrogen and oxygen atoms in total. The Morgan fingerprint density at radius 1 is 1.13 bits per heavy atom. The number of nitriles is 1. The summed E-state index contributed by atoms with van der Waals surface area (Å²) in [4.78, 5) is 29.0. The minimum absolute atomic E-state index is 0.108. The summed E-state index contributed by atoms with van der Waals surface area (Å²) in [5.41, 5.74) is 3.85. The van der Waals surface area contributed by atoms with Gasteiger partial charge in [0.2, 0.25) is 5.89 Å². The van der Waals surface area contributed by atoms with Crippen LogP contribution in [-0.2, 0) is 9.53 Å². The molecular formula is C24H25N3O4. The predicted octanol–water partition coefficient (Wildman–Crippen LogP) is 4.42. The number of benzene rings is 2. The first-order chi connectivity index (χ1) is 14.7. The first-order valence-corrected chi connectivity index (χ1v) is 10.1. The zero-order valence-electron chi connectivity index (χ0n) is 18.2. The van der Waals surface area contributed by atoms with Gasteiger partial charge in [0.25, 0.3) is 5.91 Å². The van der Waals surface area contributed by atoms with E-state index in [1.807, 2.05) is 33.8 Å². The highest BCUT2D eigenvalue weighted by molar-refractivity contribution is 5.97. The summed E-state index contributed by atoms with van der Waals surface area (Å²) in [5.74, 6) is -0.373. The number of amides is 1. The Labute approximate surface area is 181 Å². The highest BCUT2D eigenvalue weighted by Crippen LogP contribution is 2.31. The molecule has 1 N–H and O–H groups in total. The van der Waals surface area contributed by atoms with Gasteiger partial charge in [-0.3, -0.25) is 4.79 Å². The molecule has 31 heavy (non-hydrogen) atoms. The number of oxazole rings is 1. The van der Waals surface area contributed by atoms with Gasteiger partial charge in [-0.25, -0.2) is 9.78 Å². The number of methoxy groups -OCH3 is 1. The number of aromatic nitrogens is 1. The lowest BCUT2D eigenvalue weighted by Crippen LogP contribution is -2.45. The van der Waals surface area contributed by atoms with E-state index < -0.39 is 12.0 Å². The molecule has 3 rings (SSSR count). The van der Waals surface area contributed by atoms with Crippen LogP contribution in [0.25, 0.3) is 22.6 Å². The van der Waals surface area contributed by atoms with Gasteiger partial charge in [0.05, 0.1) is 18.7 Å². The number of carbonyl (C=O) groups is 2. The van der Waals surface area contributed by atoms with Crippen LogP contribution in [-0.4, -0.2) is 30.0 Å². The van der Waals surface area contributed by atoms with E-state index in [1.54, 1.807) is 30.3 Å². The first-order valence-electron chi connectivity index (χ1n) is 10.1. The number of hydrogen-bond acceptors (Lipinski definition) is 6. The van der Waals surface area contributed by atoms with Crippen molar-refractivity contribution >= 4 is 23.0 Å². The molecule has 0 aliphatic heterocycles. The Morgan fingerprint density at radius 2 is 1.81 bits per heavy atom. The molecule has 0 saturated carbocycles. The average molecular weight is 419 g/mol. The third-order valence-electron chi connectivity index (χ3n) is 5.07. The number of fused-ring (bicyclic) bond motifs is 1. The van der Waals surface area contributed by atoms with Crippen LogP contribution in [0.4, 0.5) is 0 Å². The lowest BCUT2D eigenvalue weighted by atomic mass is 10.00. The van der Waals surface area contributed by atoms with Crippen LogP contribution >= 0.6 is 0 Å². The smallest absolute Gasteiger partial charge is 0.328 e. The molecule has 1 amide bonds. The van der Waals surface area contributed by atoms with Gasteiger partial charge in [0, 0.05) is 16.7 Å². The summed E-state index contributed by atoms with van der Waals surface area (Å²) in [6, 6.07) is 11.7. The van der Waals surface area contributed by atoms with E-state index >= 15 is 0 Å². The fourth-order valence-corrected chi connectivity index (χ4v) is 3.29. The topological polar surface area (TPSA) is 105 Å². The minimum atomic E-state index is -0.724. The van der Waals surface area contributed by atoms with Crippen molar-refractivity contribution in [1.82, 2.24) is 10.3 Å². The fourth-order valence-electron chi connectivity index (χ4n) is 3.29. The maximum absolute atomic E-state index is 12.6. The number of ether oxygens (including phenoxy) is 1. The van der Waals surface area contributed by atoms with E-state index in [0.717, 1.165) is 5.56 Å². The summed E-state index contributed by atoms with van der Waals surface area (Å²) in [5, 5.41) is 12.0. The monoisotopic (exact) mass is 419 g/mol. The molecule has 3 aromatic rings. The van der Waals surface area contributed by atoms with Crippen molar-refractivity contribution in [3.63, 3.8) is 0 Å². The Balaban J connectivity index is 1.88. The SMILES string of the molecule is COC(=O)C(NC(=O)c1ccc(-c2nc3cc(C#N)cc(C(C)C)c3o2)cc1)C(C)C. The van der Waals surface area contributed by atoms with Gasteiger partial charge in [-0.1, -0.05) is 27.7 Å². The Morgan fingerprint density at radius 3 is 2.35 bits per heavy atom. The van der Waals surface area contributed by atoms with E-state index in [2.05, 4.69) is 16.4 Å². The molecule has 0 saturated heterocycles. The summed E-state index contributed by atoms with van der Waals surface area (Å²) in [6.45, 7) is 7.73. The molecule has 0 aliphatic carbocycles. The number of hydrogen-bond donors (Lipinski definition) is 1. The molecule has 7 heteroatoms. The zero-order chi connectivity index (χ0) is 22.7. The highest BCUT2D eigenvalue weighted by Gasteiger charge is 2.25. The minimum Gasteiger partial charge on any atom is -0.467 e. The average Bonchev–Trinajstić information content (AvgIpc) is 3.19. The first kappa shape index (κ1) is 22.0. The van der Waals surface area contributed by atoms with E-state index in [1.165, 1.54) is 7.11 Å². The zero-order valence-corrected chi connectivity index (χ0v) is 18.2. The van der Waals surface area contributed by atoms with Crippen LogP contribution in [0.5, 0.6) is 0 Å². The normalized spacial score (nSPS) is 12.1. The number of carbonyl (C=O) groups excluding carboxylic acids is 2. The van der Waals surface area contributed by atoms with E-state index in [0.29, 0.717) is 33.7 Å². The molecule has 0 bridgehead atoms. The summed E-state index contributed by atoms with van der Waals surface area (Å²) in [6.07, 6.45) is 0. The molecule has 1 heterocycles. The molecule has 1 atom stereocenters. The Kier molecular flexibility index (Phi) is 6.40. The van der Waals surface area contributed by atoms with Crippen molar-refractivity contribution in [3.05, 3.63) is 53.1 Å². The van der Waals surface area contributed by atoms with Gasteiger partial charge in [-0.15, -0.1) is 0 Å². The van der Waals surface area contributed by atoms with Gasteiger partial charge in [0.15, 0.2) is 5.58 Å². The molecular weight excluding hydrogens is 394 g/mol. The van der Waals surface area contributed by atoms with Crippen LogP contribution < -0.4 is 5.32 Å². The van der Waals surface area contributed by atoms with Crippen molar-refractivity contribution in [2.24, 2.45) is 5.92 Å². The number of rotatable bonds is 6. The van der Waals surface area contributed by atoms with Gasteiger partial charge < -0.3 is 14.5 Å². The number of nitrogens with one attached hydrogen (secondary N) is 1. The van der Waals surface area contributed by atoms with E-state index in [-0.39, 0.29) is 17.7 Å². The van der Waals surface area contributed by atoms with Crippen molar-refractivity contribution < 1.29 is 18.7 Å². The largest absolute Gasteiger partial charge is 0.467 e. The van der Waals surface area contributed by atoms with Crippen LogP contribution in [0.2, 0.25) is 0 Å². The highest BCUT2D eigenvalue weighted by atomic mass is 16.5. The second-order valence-electron chi connectivity index (χ2n) is 7.99. The van der Waals surface area contributed by atoms with Crippen molar-refractivity contribution in [2.45, 2.75) is 39.7 Å². The summed E-state index contributed by atoms with van der Waals surface area (Å²) in [7, 11) is 1.29. The number of esters is 1. The molecule has 0 aliphatic rings. The lowest BCUT2D eigenvalue weighted by Gasteiger charge is -2.19. The standard InChI is InChI=1S/C24H25N3O4/c1-13(2)18-10-15(12-25)11-19-21(18)31-23(26-19)17-8-6-16(7-9-17)22(28)27-20(14(3)4)24(29)30-5/h6-11,13-14,20H,1-5H3,(H,27,28). The van der Waals surface area contributed by atoms with Gasteiger partial charge in [0.1, 0.15) is 11.6 Å². The molecule has 0 fully saturated rings. The van der Waals surface area contributed by atoms with E-state index in [4.69, 9.17) is 9.15 Å². The second-order valence-corrected chi connectivity index (χ2v) is 7.99. The Hall–Kier alpha value is -3.66. The fraction of sp³-hybridized carbons (Fsp3) is 0.333. The molecule has 0 spiro atoms. The van der Waals surface area contributed by atoms with Gasteiger partial charge in [-0.2, -0.15) is 5.26 Å². The Bertz CT molecular complexity index is 1150. The summed E-state index contributed by atoms with van der Waals surface area (Å²) >= 11 is 0. The maximum Gasteiger partial charge on any atom is 0.328 e. The van der Waals surface area contributed by atoms with Crippen LogP contribution in [0.3, 0.4) is 0 Å². The van der Waals surface area contributed by atoms with Crippen molar-refractivity contribution in [3.8, 4) is 17.5 Å². The summed E-state index contributed by atoms with van der Waals surface area (Å²) < 4.78 is 10.8.